The van der Waals surface area contributed by atoms with E-state index < -0.39 is 28.4 Å². The normalized spacial score (nSPS) is 39.9. The molecule has 0 radical (unpaired) electrons. The average molecular weight is 793 g/mol. The van der Waals surface area contributed by atoms with Crippen molar-refractivity contribution in [1.29, 1.82) is 0 Å². The number of allylic oxidation sites excluding steroid dienone is 1. The first-order chi connectivity index (χ1) is 26.2. The molecule has 4 saturated carbocycles. The largest absolute Gasteiger partial charge is 0.481 e. The molecule has 6 fully saturated rings. The van der Waals surface area contributed by atoms with Crippen LogP contribution in [-0.4, -0.2) is 81.5 Å². The zero-order chi connectivity index (χ0) is 42.1. The number of ether oxygens (including phenoxy) is 2. The number of ketones is 1. The van der Waals surface area contributed by atoms with E-state index >= 15 is 4.79 Å². The Labute approximate surface area is 341 Å². The van der Waals surface area contributed by atoms with Gasteiger partial charge in [-0.25, -0.2) is 4.79 Å². The molecular weight excluding hydrogens is 721 g/mol. The van der Waals surface area contributed by atoms with Crippen molar-refractivity contribution >= 4 is 29.7 Å². The average Bonchev–Trinajstić information content (AvgIpc) is 3.54. The highest BCUT2D eigenvalue weighted by atomic mass is 16.6. The second kappa shape index (κ2) is 13.6. The molecule has 1 N–H and O–H groups in total. The molecule has 0 aromatic rings. The van der Waals surface area contributed by atoms with Gasteiger partial charge in [0.1, 0.15) is 11.7 Å². The first-order valence-electron chi connectivity index (χ1n) is 22.2. The Balaban J connectivity index is 1.16. The highest BCUT2D eigenvalue weighted by Gasteiger charge is 2.71. The quantitative estimate of drug-likeness (QED) is 0.264. The fourth-order valence-corrected chi connectivity index (χ4v) is 14.7. The van der Waals surface area contributed by atoms with Crippen molar-refractivity contribution in [3.63, 3.8) is 0 Å². The van der Waals surface area contributed by atoms with Crippen molar-refractivity contribution in [2.45, 2.75) is 184 Å². The Bertz CT molecular complexity index is 1740. The van der Waals surface area contributed by atoms with Gasteiger partial charge in [0.05, 0.1) is 17.3 Å². The number of carbonyl (C=O) groups excluding carboxylic acids is 4. The molecule has 2 saturated heterocycles. The SMILES string of the molecule is CC(C)C1=C2[C@H]3CC[C@@H]4[C@@]5(C)CC[C@H](OC(=O)CC(C)(C)C(=O)O)C(C)(C)[C@@H]5CC[C@@]4(C)[C@]3(C)CC[C@@]2(C(=O)N2C3CCC2CN(C(=O)OC(C)(C)C)C3)CC1=O. The summed E-state index contributed by atoms with van der Waals surface area (Å²) in [6.45, 7) is 26.0. The van der Waals surface area contributed by atoms with Gasteiger partial charge in [0, 0.05) is 37.0 Å². The number of carboxylic acid groups (broad SMARTS) is 1. The molecule has 0 aromatic heterocycles. The summed E-state index contributed by atoms with van der Waals surface area (Å²) in [4.78, 5) is 71.8. The maximum absolute atomic E-state index is 15.4. The lowest BCUT2D eigenvalue weighted by Gasteiger charge is -2.72. The van der Waals surface area contributed by atoms with Gasteiger partial charge in [0.2, 0.25) is 5.91 Å². The molecule has 7 rings (SSSR count). The maximum atomic E-state index is 15.4. The number of fused-ring (bicyclic) bond motifs is 9. The number of hydrogen-bond acceptors (Lipinski definition) is 7. The highest BCUT2D eigenvalue weighted by molar-refractivity contribution is 6.07. The van der Waals surface area contributed by atoms with Crippen LogP contribution in [0.4, 0.5) is 4.79 Å². The van der Waals surface area contributed by atoms with E-state index in [4.69, 9.17) is 9.47 Å². The van der Waals surface area contributed by atoms with Gasteiger partial charge in [-0.3, -0.25) is 19.2 Å². The topological polar surface area (TPSA) is 131 Å². The minimum absolute atomic E-state index is 0.0136. The van der Waals surface area contributed by atoms with E-state index in [2.05, 4.69) is 53.4 Å². The van der Waals surface area contributed by atoms with E-state index in [1.165, 1.54) is 5.57 Å². The van der Waals surface area contributed by atoms with E-state index in [1.54, 1.807) is 18.7 Å². The summed E-state index contributed by atoms with van der Waals surface area (Å²) in [7, 11) is 0. The minimum atomic E-state index is -1.18. The number of piperazine rings is 1. The lowest BCUT2D eigenvalue weighted by Crippen LogP contribution is -2.67. The van der Waals surface area contributed by atoms with Gasteiger partial charge in [-0.05, 0) is 150 Å². The van der Waals surface area contributed by atoms with Crippen molar-refractivity contribution in [1.82, 2.24) is 9.80 Å². The summed E-state index contributed by atoms with van der Waals surface area (Å²) in [5.74, 6) is -0.208. The maximum Gasteiger partial charge on any atom is 0.410 e. The van der Waals surface area contributed by atoms with Crippen molar-refractivity contribution in [2.75, 3.05) is 13.1 Å². The van der Waals surface area contributed by atoms with Crippen LogP contribution < -0.4 is 0 Å². The van der Waals surface area contributed by atoms with Crippen molar-refractivity contribution in [2.24, 2.45) is 56.2 Å². The van der Waals surface area contributed by atoms with Crippen LogP contribution >= 0.6 is 0 Å². The molecule has 2 unspecified atom stereocenters. The van der Waals surface area contributed by atoms with Gasteiger partial charge in [0.15, 0.2) is 5.78 Å². The summed E-state index contributed by atoms with van der Waals surface area (Å²) in [6, 6.07) is -0.147. The third kappa shape index (κ3) is 6.32. The zero-order valence-corrected chi connectivity index (χ0v) is 37.1. The number of Topliss-reactive ketones (excluding diaryl/α,β-unsaturated/α-hetero) is 1. The molecule has 7 aliphatic rings. The smallest absolute Gasteiger partial charge is 0.410 e. The van der Waals surface area contributed by atoms with E-state index in [9.17, 15) is 24.3 Å². The van der Waals surface area contributed by atoms with Crippen LogP contribution in [0.1, 0.15) is 160 Å². The molecule has 0 spiro atoms. The number of likely N-dealkylation sites (tertiary alicyclic amines) is 1. The number of aliphatic carboxylic acids is 1. The molecule has 2 aliphatic heterocycles. The Morgan fingerprint density at radius 2 is 1.44 bits per heavy atom. The Hall–Kier alpha value is -2.91. The van der Waals surface area contributed by atoms with Gasteiger partial charge in [-0.1, -0.05) is 48.5 Å². The first-order valence-corrected chi connectivity index (χ1v) is 22.2. The molecule has 10 heteroatoms. The van der Waals surface area contributed by atoms with Gasteiger partial charge in [0.25, 0.3) is 0 Å². The molecule has 2 amide bonds. The van der Waals surface area contributed by atoms with Crippen molar-refractivity contribution < 1.29 is 38.6 Å². The molecule has 2 bridgehead atoms. The Morgan fingerprint density at radius 3 is 2.02 bits per heavy atom. The number of carboxylic acids is 1. The molecule has 5 aliphatic carbocycles. The van der Waals surface area contributed by atoms with Crippen LogP contribution in [0.2, 0.25) is 0 Å². The monoisotopic (exact) mass is 793 g/mol. The first kappa shape index (κ1) is 42.2. The van der Waals surface area contributed by atoms with Gasteiger partial charge in [-0.2, -0.15) is 0 Å². The second-order valence-electron chi connectivity index (χ2n) is 23.0. The minimum Gasteiger partial charge on any atom is -0.481 e. The van der Waals surface area contributed by atoms with Crippen LogP contribution in [0.25, 0.3) is 0 Å². The third-order valence-corrected chi connectivity index (χ3v) is 17.6. The summed E-state index contributed by atoms with van der Waals surface area (Å²) in [5, 5.41) is 9.65. The van der Waals surface area contributed by atoms with E-state index in [0.29, 0.717) is 31.3 Å². The number of esters is 1. The standard InChI is InChI=1S/C47H72N2O8/c1-27(2)36-31(50)23-47(38(52)49-28-13-14-29(49)26-48(25-28)40(55)57-41(3,4)5)22-21-45(11)30(37(36)47)15-16-33-44(10)19-18-34(56-35(51)24-42(6,7)39(53)54)43(8,9)32(44)17-20-46(33,45)12/h27-30,32-34H,13-26H2,1-12H3,(H,53,54)/t28?,29?,30-,32+,33-,34+,44+,45-,46-,47-/m1/s1. The van der Waals surface area contributed by atoms with E-state index in [-0.39, 0.29) is 82.3 Å². The number of nitrogens with zero attached hydrogens (tertiary/aromatic N) is 2. The lowest BCUT2D eigenvalue weighted by atomic mass is 9.33. The number of carbonyl (C=O) groups is 5. The molecule has 57 heavy (non-hydrogen) atoms. The zero-order valence-electron chi connectivity index (χ0n) is 37.1. The van der Waals surface area contributed by atoms with Crippen LogP contribution in [0, 0.1) is 56.2 Å². The second-order valence-corrected chi connectivity index (χ2v) is 23.0. The third-order valence-electron chi connectivity index (χ3n) is 17.6. The van der Waals surface area contributed by atoms with Crippen molar-refractivity contribution in [3.8, 4) is 0 Å². The van der Waals surface area contributed by atoms with Gasteiger partial charge < -0.3 is 24.4 Å². The molecule has 0 aromatic carbocycles. The van der Waals surface area contributed by atoms with Crippen LogP contribution in [0.5, 0.6) is 0 Å². The van der Waals surface area contributed by atoms with E-state index in [1.807, 2.05) is 20.8 Å². The molecule has 10 nitrogen and oxygen atoms in total. The highest BCUT2D eigenvalue weighted by Crippen LogP contribution is 2.77. The summed E-state index contributed by atoms with van der Waals surface area (Å²) in [5.41, 5.74) is -0.881. The predicted octanol–water partition coefficient (Wildman–Crippen LogP) is 8.99. The Kier molecular flexibility index (Phi) is 10.0. The fourth-order valence-electron chi connectivity index (χ4n) is 14.7. The summed E-state index contributed by atoms with van der Waals surface area (Å²) >= 11 is 0. The molecule has 10 atom stereocenters. The summed E-state index contributed by atoms with van der Waals surface area (Å²) in [6.07, 6.45) is 8.56. The Morgan fingerprint density at radius 1 is 0.807 bits per heavy atom. The predicted molar refractivity (Wildman–Crippen MR) is 217 cm³/mol. The van der Waals surface area contributed by atoms with Crippen LogP contribution in [-0.2, 0) is 28.7 Å². The van der Waals surface area contributed by atoms with Crippen LogP contribution in [0.3, 0.4) is 0 Å². The van der Waals surface area contributed by atoms with Gasteiger partial charge in [-0.15, -0.1) is 0 Å². The molecule has 2 heterocycles. The van der Waals surface area contributed by atoms with Crippen molar-refractivity contribution in [3.05, 3.63) is 11.1 Å². The fraction of sp³-hybridized carbons (Fsp3) is 0.851. The number of hydrogen-bond donors (Lipinski definition) is 1. The number of rotatable bonds is 6. The van der Waals surface area contributed by atoms with E-state index in [0.717, 1.165) is 63.4 Å². The lowest BCUT2D eigenvalue weighted by molar-refractivity contribution is -0.233. The summed E-state index contributed by atoms with van der Waals surface area (Å²) < 4.78 is 11.9. The molecule has 318 valence electrons. The molecular formula is C47H72N2O8. The number of amides is 2. The van der Waals surface area contributed by atoms with Gasteiger partial charge >= 0.3 is 18.0 Å². The van der Waals surface area contributed by atoms with Crippen LogP contribution in [0.15, 0.2) is 11.1 Å².